The molecule has 158 valence electrons. The number of aromatic nitrogens is 1. The molecule has 1 saturated heterocycles. The van der Waals surface area contributed by atoms with E-state index >= 15 is 0 Å². The van der Waals surface area contributed by atoms with Crippen LogP contribution in [-0.2, 0) is 14.3 Å². The van der Waals surface area contributed by atoms with Gasteiger partial charge < -0.3 is 9.30 Å². The maximum Gasteiger partial charge on any atom is 0.329 e. The number of carbonyl (C=O) groups excluding carboxylic acids is 3. The Balaban J connectivity index is 1.98. The average Bonchev–Trinajstić information content (AvgIpc) is 3.11. The molecule has 1 aliphatic heterocycles. The van der Waals surface area contributed by atoms with Crippen molar-refractivity contribution in [1.82, 2.24) is 9.47 Å². The van der Waals surface area contributed by atoms with Crippen molar-refractivity contribution in [2.24, 2.45) is 0 Å². The van der Waals surface area contributed by atoms with Crippen LogP contribution in [0, 0.1) is 27.7 Å². The van der Waals surface area contributed by atoms with Gasteiger partial charge in [-0.2, -0.15) is 0 Å². The monoisotopic (exact) mass is 426 g/mol. The van der Waals surface area contributed by atoms with Gasteiger partial charge in [0.1, 0.15) is 6.04 Å². The van der Waals surface area contributed by atoms with Gasteiger partial charge in [0.25, 0.3) is 11.1 Å². The molecule has 1 atom stereocenters. The normalized spacial score (nSPS) is 16.5. The second-order valence-corrected chi connectivity index (χ2v) is 8.38. The van der Waals surface area contributed by atoms with Gasteiger partial charge in [-0.1, -0.05) is 18.2 Å². The number of thioether (sulfide) groups is 1. The highest BCUT2D eigenvalue weighted by Gasteiger charge is 2.41. The van der Waals surface area contributed by atoms with Crippen molar-refractivity contribution in [2.45, 2.75) is 47.6 Å². The van der Waals surface area contributed by atoms with E-state index in [1.165, 1.54) is 6.92 Å². The van der Waals surface area contributed by atoms with E-state index in [0.717, 1.165) is 50.4 Å². The largest absolute Gasteiger partial charge is 0.464 e. The minimum Gasteiger partial charge on any atom is -0.464 e. The highest BCUT2D eigenvalue weighted by atomic mass is 32.2. The van der Waals surface area contributed by atoms with Crippen molar-refractivity contribution >= 4 is 35.0 Å². The van der Waals surface area contributed by atoms with Crippen LogP contribution in [0.5, 0.6) is 0 Å². The molecule has 0 unspecified atom stereocenters. The van der Waals surface area contributed by atoms with Crippen LogP contribution in [0.2, 0.25) is 0 Å². The van der Waals surface area contributed by atoms with Crippen LogP contribution in [0.3, 0.4) is 0 Å². The fourth-order valence-electron chi connectivity index (χ4n) is 3.76. The number of imide groups is 1. The summed E-state index contributed by atoms with van der Waals surface area (Å²) < 4.78 is 7.13. The molecule has 3 rings (SSSR count). The number of amides is 2. The van der Waals surface area contributed by atoms with Gasteiger partial charge in [-0.05, 0) is 82.1 Å². The van der Waals surface area contributed by atoms with E-state index < -0.39 is 23.2 Å². The van der Waals surface area contributed by atoms with Crippen molar-refractivity contribution in [1.29, 1.82) is 0 Å². The second kappa shape index (κ2) is 8.52. The Morgan fingerprint density at radius 1 is 1.17 bits per heavy atom. The lowest BCUT2D eigenvalue weighted by Crippen LogP contribution is -2.42. The van der Waals surface area contributed by atoms with Crippen LogP contribution in [0.1, 0.15) is 41.9 Å². The number of benzene rings is 1. The van der Waals surface area contributed by atoms with E-state index in [0.29, 0.717) is 4.91 Å². The van der Waals surface area contributed by atoms with E-state index in [1.54, 1.807) is 13.0 Å². The molecule has 30 heavy (non-hydrogen) atoms. The number of aryl methyl sites for hydroxylation is 3. The lowest BCUT2D eigenvalue weighted by atomic mass is 10.1. The van der Waals surface area contributed by atoms with Crippen LogP contribution >= 0.6 is 11.8 Å². The predicted octanol–water partition coefficient (Wildman–Crippen LogP) is 4.70. The lowest BCUT2D eigenvalue weighted by molar-refractivity contribution is -0.150. The zero-order valence-corrected chi connectivity index (χ0v) is 18.9. The van der Waals surface area contributed by atoms with Crippen molar-refractivity contribution < 1.29 is 19.1 Å². The lowest BCUT2D eigenvalue weighted by Gasteiger charge is -2.19. The van der Waals surface area contributed by atoms with E-state index in [4.69, 9.17) is 4.74 Å². The van der Waals surface area contributed by atoms with Gasteiger partial charge >= 0.3 is 5.97 Å². The molecule has 0 radical (unpaired) electrons. The highest BCUT2D eigenvalue weighted by Crippen LogP contribution is 2.35. The van der Waals surface area contributed by atoms with E-state index in [-0.39, 0.29) is 6.61 Å². The van der Waals surface area contributed by atoms with Gasteiger partial charge in [-0.15, -0.1) is 0 Å². The molecule has 0 spiro atoms. The summed E-state index contributed by atoms with van der Waals surface area (Å²) in [5.74, 6) is -1.06. The Kier molecular flexibility index (Phi) is 6.22. The smallest absolute Gasteiger partial charge is 0.329 e. The zero-order chi connectivity index (χ0) is 22.2. The first-order valence-corrected chi connectivity index (χ1v) is 10.7. The summed E-state index contributed by atoms with van der Waals surface area (Å²) in [6.45, 7) is 11.5. The molecule has 1 aromatic heterocycles. The number of ether oxygens (including phenoxy) is 1. The maximum atomic E-state index is 12.9. The first-order chi connectivity index (χ1) is 14.2. The van der Waals surface area contributed by atoms with Crippen molar-refractivity contribution in [3.8, 4) is 5.69 Å². The van der Waals surface area contributed by atoms with Gasteiger partial charge in [0.05, 0.1) is 17.2 Å². The Morgan fingerprint density at radius 2 is 1.80 bits per heavy atom. The van der Waals surface area contributed by atoms with Crippen molar-refractivity contribution in [2.75, 3.05) is 6.61 Å². The molecule has 2 amide bonds. The first kappa shape index (κ1) is 21.9. The molecule has 6 nitrogen and oxygen atoms in total. The standard InChI is InChI=1S/C23H26N2O4S/c1-7-29-22(27)17(6)25-21(26)19(30-23(25)28)12-18-11-15(4)24(16(18)5)20-13(2)9-8-10-14(20)3/h8-12,17H,7H2,1-6H3/b19-12+/t17-/m0/s1. The number of para-hydroxylation sites is 1. The molecule has 0 N–H and O–H groups in total. The van der Waals surface area contributed by atoms with E-state index in [9.17, 15) is 14.4 Å². The number of hydrogen-bond donors (Lipinski definition) is 0. The molecule has 2 heterocycles. The fourth-order valence-corrected chi connectivity index (χ4v) is 4.66. The number of rotatable bonds is 5. The van der Waals surface area contributed by atoms with E-state index in [2.05, 4.69) is 30.5 Å². The average molecular weight is 427 g/mol. The Morgan fingerprint density at radius 3 is 2.40 bits per heavy atom. The minimum atomic E-state index is -0.953. The molecule has 7 heteroatoms. The third-order valence-electron chi connectivity index (χ3n) is 5.26. The molecule has 1 aromatic carbocycles. The number of carbonyl (C=O) groups is 3. The summed E-state index contributed by atoms with van der Waals surface area (Å²) >= 11 is 0.848. The summed E-state index contributed by atoms with van der Waals surface area (Å²) in [5.41, 5.74) is 6.32. The molecule has 1 aliphatic rings. The quantitative estimate of drug-likeness (QED) is 0.512. The summed E-state index contributed by atoms with van der Waals surface area (Å²) in [6, 6.07) is 7.23. The molecule has 1 fully saturated rings. The summed E-state index contributed by atoms with van der Waals surface area (Å²) in [6.07, 6.45) is 1.73. The predicted molar refractivity (Wildman–Crippen MR) is 119 cm³/mol. The number of esters is 1. The third kappa shape index (κ3) is 3.81. The van der Waals surface area contributed by atoms with E-state index in [1.807, 2.05) is 26.0 Å². The van der Waals surface area contributed by atoms with Gasteiger partial charge in [0.15, 0.2) is 0 Å². The maximum absolute atomic E-state index is 12.9. The second-order valence-electron chi connectivity index (χ2n) is 7.38. The van der Waals surface area contributed by atoms with Crippen molar-refractivity contribution in [3.05, 3.63) is 57.2 Å². The molecule has 0 bridgehead atoms. The molecule has 0 saturated carbocycles. The molecular weight excluding hydrogens is 400 g/mol. The van der Waals surface area contributed by atoms with Crippen molar-refractivity contribution in [3.63, 3.8) is 0 Å². The Labute approximate surface area is 180 Å². The van der Waals surface area contributed by atoms with Gasteiger partial charge in [-0.3, -0.25) is 14.5 Å². The molecule has 2 aromatic rings. The SMILES string of the molecule is CCOC(=O)[C@H](C)N1C(=O)S/C(=C/c2cc(C)n(-c3c(C)cccc3C)c2C)C1=O. The van der Waals surface area contributed by atoms with Gasteiger partial charge in [0.2, 0.25) is 0 Å². The van der Waals surface area contributed by atoms with Crippen LogP contribution in [0.4, 0.5) is 4.79 Å². The summed E-state index contributed by atoms with van der Waals surface area (Å²) in [7, 11) is 0. The summed E-state index contributed by atoms with van der Waals surface area (Å²) in [5, 5.41) is -0.463. The Bertz CT molecular complexity index is 1050. The molecule has 0 aliphatic carbocycles. The Hall–Kier alpha value is -2.80. The first-order valence-electron chi connectivity index (χ1n) is 9.86. The van der Waals surface area contributed by atoms with Crippen LogP contribution in [0.15, 0.2) is 29.2 Å². The topological polar surface area (TPSA) is 68.6 Å². The minimum absolute atomic E-state index is 0.194. The number of nitrogens with zero attached hydrogens (tertiary/aromatic N) is 2. The number of hydrogen-bond acceptors (Lipinski definition) is 5. The molecular formula is C23H26N2O4S. The fraction of sp³-hybridized carbons (Fsp3) is 0.348. The zero-order valence-electron chi connectivity index (χ0n) is 18.1. The van der Waals surface area contributed by atoms with Crippen LogP contribution < -0.4 is 0 Å². The third-order valence-corrected chi connectivity index (χ3v) is 6.14. The van der Waals surface area contributed by atoms with Gasteiger partial charge in [-0.25, -0.2) is 4.79 Å². The summed E-state index contributed by atoms with van der Waals surface area (Å²) in [4.78, 5) is 38.6. The highest BCUT2D eigenvalue weighted by molar-refractivity contribution is 8.18. The van der Waals surface area contributed by atoms with Crippen LogP contribution in [0.25, 0.3) is 11.8 Å². The van der Waals surface area contributed by atoms with Crippen LogP contribution in [-0.4, -0.2) is 39.2 Å². The van der Waals surface area contributed by atoms with Gasteiger partial charge in [0, 0.05) is 11.4 Å².